The molecule has 4 rings (SSSR count). The summed E-state index contributed by atoms with van der Waals surface area (Å²) in [7, 11) is 2.17. The lowest BCUT2D eigenvalue weighted by molar-refractivity contribution is 0.150. The topological polar surface area (TPSA) is 30.9 Å². The first kappa shape index (κ1) is 32.3. The molecular formula is C36H45Cl2NO3. The molecule has 3 aromatic carbocycles. The highest BCUT2D eigenvalue weighted by molar-refractivity contribution is 6.35. The molecule has 42 heavy (non-hydrogen) atoms. The van der Waals surface area contributed by atoms with E-state index in [1.165, 1.54) is 12.8 Å². The van der Waals surface area contributed by atoms with Crippen LogP contribution in [0.3, 0.4) is 0 Å². The molecule has 6 heteroatoms. The SMILES string of the molecule is C=C(COc1cc(OCc2cccc(-c3cccc(OCC4CCCN(C)C4)c3Cl)c2C)c(Cl)cc1CC)CC(C)C. The molecule has 0 aromatic heterocycles. The molecule has 1 unspecified atom stereocenters. The molecule has 0 aliphatic carbocycles. The van der Waals surface area contributed by atoms with Crippen molar-refractivity contribution >= 4 is 23.2 Å². The normalized spacial score (nSPS) is 15.6. The summed E-state index contributed by atoms with van der Waals surface area (Å²) in [5.74, 6) is 3.19. The number of piperidine rings is 1. The van der Waals surface area contributed by atoms with Crippen molar-refractivity contribution in [1.29, 1.82) is 0 Å². The van der Waals surface area contributed by atoms with Gasteiger partial charge in [0.25, 0.3) is 0 Å². The van der Waals surface area contributed by atoms with E-state index >= 15 is 0 Å². The van der Waals surface area contributed by atoms with Crippen LogP contribution in [0.5, 0.6) is 17.2 Å². The van der Waals surface area contributed by atoms with Gasteiger partial charge in [-0.1, -0.05) is 80.9 Å². The number of hydrogen-bond acceptors (Lipinski definition) is 4. The predicted molar refractivity (Wildman–Crippen MR) is 177 cm³/mol. The van der Waals surface area contributed by atoms with E-state index in [4.69, 9.17) is 37.4 Å². The van der Waals surface area contributed by atoms with Gasteiger partial charge in [0.1, 0.15) is 30.5 Å². The lowest BCUT2D eigenvalue weighted by Crippen LogP contribution is -2.34. The van der Waals surface area contributed by atoms with E-state index in [0.29, 0.717) is 47.5 Å². The zero-order chi connectivity index (χ0) is 30.2. The third-order valence-corrected chi connectivity index (χ3v) is 8.59. The fourth-order valence-corrected chi connectivity index (χ4v) is 6.17. The Morgan fingerprint density at radius 1 is 0.976 bits per heavy atom. The summed E-state index contributed by atoms with van der Waals surface area (Å²) >= 11 is 13.6. The molecule has 3 aromatic rings. The molecule has 1 fully saturated rings. The van der Waals surface area contributed by atoms with E-state index in [1.807, 2.05) is 36.4 Å². The van der Waals surface area contributed by atoms with Crippen molar-refractivity contribution < 1.29 is 14.2 Å². The first-order chi connectivity index (χ1) is 20.2. The number of hydrogen-bond donors (Lipinski definition) is 0. The lowest BCUT2D eigenvalue weighted by Gasteiger charge is -2.29. The van der Waals surface area contributed by atoms with E-state index < -0.39 is 0 Å². The minimum Gasteiger partial charge on any atom is -0.492 e. The number of rotatable bonds is 13. The van der Waals surface area contributed by atoms with Crippen molar-refractivity contribution in [2.75, 3.05) is 33.4 Å². The Morgan fingerprint density at radius 3 is 2.48 bits per heavy atom. The Kier molecular flexibility index (Phi) is 11.7. The lowest BCUT2D eigenvalue weighted by atomic mass is 9.96. The van der Waals surface area contributed by atoms with E-state index in [1.54, 1.807) is 0 Å². The van der Waals surface area contributed by atoms with Crippen molar-refractivity contribution in [1.82, 2.24) is 4.90 Å². The number of ether oxygens (including phenoxy) is 3. The molecule has 4 nitrogen and oxygen atoms in total. The highest BCUT2D eigenvalue weighted by Gasteiger charge is 2.20. The number of nitrogens with zero attached hydrogens (tertiary/aromatic N) is 1. The largest absolute Gasteiger partial charge is 0.492 e. The number of likely N-dealkylation sites (tertiary alicyclic amines) is 1. The van der Waals surface area contributed by atoms with Crippen LogP contribution in [0.2, 0.25) is 10.0 Å². The molecule has 1 atom stereocenters. The van der Waals surface area contributed by atoms with Crippen LogP contribution < -0.4 is 14.2 Å². The molecule has 1 aliphatic rings. The van der Waals surface area contributed by atoms with Crippen LogP contribution in [0.15, 0.2) is 60.7 Å². The molecule has 0 saturated carbocycles. The van der Waals surface area contributed by atoms with Crippen LogP contribution in [0.25, 0.3) is 11.1 Å². The van der Waals surface area contributed by atoms with E-state index in [2.05, 4.69) is 58.4 Å². The molecule has 1 aliphatic heterocycles. The van der Waals surface area contributed by atoms with Crippen molar-refractivity contribution in [2.45, 2.75) is 60.0 Å². The second-order valence-corrected chi connectivity index (χ2v) is 12.7. The summed E-state index contributed by atoms with van der Waals surface area (Å²) in [5.41, 5.74) is 6.31. The van der Waals surface area contributed by atoms with Gasteiger partial charge in [-0.05, 0) is 92.1 Å². The van der Waals surface area contributed by atoms with Gasteiger partial charge in [-0.3, -0.25) is 0 Å². The Balaban J connectivity index is 1.48. The summed E-state index contributed by atoms with van der Waals surface area (Å²) in [4.78, 5) is 2.37. The smallest absolute Gasteiger partial charge is 0.142 e. The third kappa shape index (κ3) is 8.46. The fraction of sp³-hybridized carbons (Fsp3) is 0.444. The van der Waals surface area contributed by atoms with Crippen LogP contribution in [0.4, 0.5) is 0 Å². The number of benzene rings is 3. The van der Waals surface area contributed by atoms with Crippen LogP contribution in [0.1, 0.15) is 56.7 Å². The minimum atomic E-state index is 0.368. The zero-order valence-electron chi connectivity index (χ0n) is 25.8. The van der Waals surface area contributed by atoms with Gasteiger partial charge in [0.05, 0.1) is 16.7 Å². The molecule has 1 heterocycles. The van der Waals surface area contributed by atoms with Gasteiger partial charge in [-0.2, -0.15) is 0 Å². The van der Waals surface area contributed by atoms with E-state index in [0.717, 1.165) is 70.8 Å². The quantitative estimate of drug-likeness (QED) is 0.180. The first-order valence-electron chi connectivity index (χ1n) is 15.1. The average molecular weight is 611 g/mol. The van der Waals surface area contributed by atoms with Crippen LogP contribution in [-0.4, -0.2) is 38.3 Å². The van der Waals surface area contributed by atoms with Crippen molar-refractivity contribution in [3.63, 3.8) is 0 Å². The molecule has 1 saturated heterocycles. The molecule has 0 N–H and O–H groups in total. The summed E-state index contributed by atoms with van der Waals surface area (Å²) in [6.45, 7) is 16.5. The average Bonchev–Trinajstić information content (AvgIpc) is 2.95. The Hall–Kier alpha value is -2.66. The molecule has 226 valence electrons. The van der Waals surface area contributed by atoms with Gasteiger partial charge in [-0.15, -0.1) is 0 Å². The van der Waals surface area contributed by atoms with E-state index in [9.17, 15) is 0 Å². The summed E-state index contributed by atoms with van der Waals surface area (Å²) in [6.07, 6.45) is 4.15. The molecule has 0 radical (unpaired) electrons. The minimum absolute atomic E-state index is 0.368. The molecule has 0 spiro atoms. The number of aryl methyl sites for hydroxylation is 1. The van der Waals surface area contributed by atoms with Crippen molar-refractivity contribution in [2.24, 2.45) is 11.8 Å². The maximum absolute atomic E-state index is 6.93. The van der Waals surface area contributed by atoms with Crippen molar-refractivity contribution in [3.05, 3.63) is 87.4 Å². The van der Waals surface area contributed by atoms with Gasteiger partial charge >= 0.3 is 0 Å². The second kappa shape index (κ2) is 15.2. The monoisotopic (exact) mass is 609 g/mol. The van der Waals surface area contributed by atoms with E-state index in [-0.39, 0.29) is 0 Å². The molecule has 0 amide bonds. The standard InChI is InChI=1S/C36H45Cl2NO3/c1-7-28-18-32(37)35(19-34(28)40-21-25(4)17-24(2)3)42-23-29-12-8-13-30(26(29)5)31-14-9-15-33(36(31)38)41-22-27-11-10-16-39(6)20-27/h8-9,12-15,18-19,24,27H,4,7,10-11,16-17,20-23H2,1-3,5-6H3. The third-order valence-electron chi connectivity index (χ3n) is 7.90. The Labute approximate surface area is 262 Å². The second-order valence-electron chi connectivity index (χ2n) is 12.0. The maximum atomic E-state index is 6.93. The van der Waals surface area contributed by atoms with Crippen LogP contribution >= 0.6 is 23.2 Å². The van der Waals surface area contributed by atoms with Crippen molar-refractivity contribution in [3.8, 4) is 28.4 Å². The maximum Gasteiger partial charge on any atom is 0.142 e. The Morgan fingerprint density at radius 2 is 1.74 bits per heavy atom. The highest BCUT2D eigenvalue weighted by Crippen LogP contribution is 2.39. The van der Waals surface area contributed by atoms with Gasteiger partial charge in [-0.25, -0.2) is 0 Å². The summed E-state index contributed by atoms with van der Waals surface area (Å²) < 4.78 is 18.7. The molecule has 0 bridgehead atoms. The van der Waals surface area contributed by atoms with Gasteiger partial charge in [0.2, 0.25) is 0 Å². The fourth-order valence-electron chi connectivity index (χ4n) is 5.65. The zero-order valence-corrected chi connectivity index (χ0v) is 27.3. The van der Waals surface area contributed by atoms with Gasteiger partial charge < -0.3 is 19.1 Å². The summed E-state index contributed by atoms with van der Waals surface area (Å²) in [5, 5.41) is 1.22. The number of halogens is 2. The Bertz CT molecular complexity index is 1370. The van der Waals surface area contributed by atoms with Gasteiger partial charge in [0, 0.05) is 24.1 Å². The summed E-state index contributed by atoms with van der Waals surface area (Å²) in [6, 6.07) is 16.1. The molecular weight excluding hydrogens is 565 g/mol. The first-order valence-corrected chi connectivity index (χ1v) is 15.8. The van der Waals surface area contributed by atoms with Crippen LogP contribution in [0, 0.1) is 18.8 Å². The highest BCUT2D eigenvalue weighted by atomic mass is 35.5. The van der Waals surface area contributed by atoms with Gasteiger partial charge in [0.15, 0.2) is 0 Å². The predicted octanol–water partition coefficient (Wildman–Crippen LogP) is 9.81. The van der Waals surface area contributed by atoms with Crippen LogP contribution in [-0.2, 0) is 13.0 Å².